The van der Waals surface area contributed by atoms with Crippen LogP contribution in [0.1, 0.15) is 13.3 Å². The molecule has 7 heteroatoms. The van der Waals surface area contributed by atoms with Crippen molar-refractivity contribution >= 4 is 17.5 Å². The number of nitrogens with one attached hydrogen (secondary N) is 1. The minimum atomic E-state index is -0.920. The van der Waals surface area contributed by atoms with Gasteiger partial charge in [0.15, 0.2) is 11.6 Å². The summed E-state index contributed by atoms with van der Waals surface area (Å²) in [6.07, 6.45) is 0.263. The van der Waals surface area contributed by atoms with Crippen LogP contribution in [0.15, 0.2) is 18.2 Å². The van der Waals surface area contributed by atoms with Crippen molar-refractivity contribution in [1.29, 1.82) is 0 Å². The van der Waals surface area contributed by atoms with Gasteiger partial charge in [-0.3, -0.25) is 9.59 Å². The fourth-order valence-corrected chi connectivity index (χ4v) is 2.35. The first-order valence-corrected chi connectivity index (χ1v) is 7.19. The summed E-state index contributed by atoms with van der Waals surface area (Å²) >= 11 is 0. The number of halogens is 2. The summed E-state index contributed by atoms with van der Waals surface area (Å²) in [6.45, 7) is 4.03. The third kappa shape index (κ3) is 4.16. The highest BCUT2D eigenvalue weighted by molar-refractivity contribution is 5.78. The van der Waals surface area contributed by atoms with E-state index in [1.807, 2.05) is 0 Å². The Kier molecular flexibility index (Phi) is 5.30. The molecule has 0 aliphatic carbocycles. The Morgan fingerprint density at radius 1 is 1.09 bits per heavy atom. The predicted octanol–water partition coefficient (Wildman–Crippen LogP) is 1.46. The van der Waals surface area contributed by atoms with Crippen LogP contribution in [-0.2, 0) is 9.59 Å². The standard InChI is InChI=1S/C15H19F2N3O2/c1-11(21)19-6-8-20(9-7-19)15(22)4-5-18-12-2-3-13(16)14(17)10-12/h2-3,10,18H,4-9H2,1H3. The van der Waals surface area contributed by atoms with E-state index >= 15 is 0 Å². The van der Waals surface area contributed by atoms with Crippen LogP contribution in [-0.4, -0.2) is 54.3 Å². The number of hydrogen-bond donors (Lipinski definition) is 1. The molecule has 1 aromatic carbocycles. The second-order valence-electron chi connectivity index (χ2n) is 5.19. The number of rotatable bonds is 4. The Hall–Kier alpha value is -2.18. The Morgan fingerprint density at radius 3 is 2.32 bits per heavy atom. The maximum Gasteiger partial charge on any atom is 0.224 e. The molecule has 0 atom stereocenters. The highest BCUT2D eigenvalue weighted by atomic mass is 19.2. The first kappa shape index (κ1) is 16.2. The van der Waals surface area contributed by atoms with Gasteiger partial charge >= 0.3 is 0 Å². The molecule has 5 nitrogen and oxygen atoms in total. The molecule has 0 spiro atoms. The van der Waals surface area contributed by atoms with Gasteiger partial charge in [-0.1, -0.05) is 0 Å². The van der Waals surface area contributed by atoms with E-state index in [-0.39, 0.29) is 18.2 Å². The van der Waals surface area contributed by atoms with Crippen molar-refractivity contribution in [3.63, 3.8) is 0 Å². The number of piperazine rings is 1. The summed E-state index contributed by atoms with van der Waals surface area (Å²) in [7, 11) is 0. The van der Waals surface area contributed by atoms with Gasteiger partial charge in [0.25, 0.3) is 0 Å². The van der Waals surface area contributed by atoms with Crippen LogP contribution >= 0.6 is 0 Å². The number of carbonyl (C=O) groups is 2. The lowest BCUT2D eigenvalue weighted by molar-refractivity contribution is -0.138. The van der Waals surface area contributed by atoms with Crippen LogP contribution in [0, 0.1) is 11.6 Å². The molecule has 2 rings (SSSR count). The molecule has 1 fully saturated rings. The summed E-state index contributed by atoms with van der Waals surface area (Å²) in [4.78, 5) is 26.7. The van der Waals surface area contributed by atoms with E-state index in [1.165, 1.54) is 13.0 Å². The van der Waals surface area contributed by atoms with E-state index in [1.54, 1.807) is 9.80 Å². The van der Waals surface area contributed by atoms with E-state index in [4.69, 9.17) is 0 Å². The number of anilines is 1. The van der Waals surface area contributed by atoms with Crippen LogP contribution in [0.5, 0.6) is 0 Å². The van der Waals surface area contributed by atoms with Crippen LogP contribution in [0.3, 0.4) is 0 Å². The third-order valence-electron chi connectivity index (χ3n) is 3.67. The molecule has 0 saturated carbocycles. The van der Waals surface area contributed by atoms with Crippen LogP contribution in [0.2, 0.25) is 0 Å². The number of carbonyl (C=O) groups excluding carboxylic acids is 2. The zero-order valence-corrected chi connectivity index (χ0v) is 12.4. The molecule has 1 N–H and O–H groups in total. The van der Waals surface area contributed by atoms with Crippen LogP contribution in [0.25, 0.3) is 0 Å². The van der Waals surface area contributed by atoms with Gasteiger partial charge in [0.05, 0.1) is 0 Å². The Bertz CT molecular complexity index is 558. The second-order valence-corrected chi connectivity index (χ2v) is 5.19. The minimum absolute atomic E-state index is 0.0155. The first-order chi connectivity index (χ1) is 10.5. The summed E-state index contributed by atoms with van der Waals surface area (Å²) in [5.74, 6) is -1.81. The monoisotopic (exact) mass is 311 g/mol. The van der Waals surface area contributed by atoms with Crippen LogP contribution in [0.4, 0.5) is 14.5 Å². The maximum atomic E-state index is 13.0. The number of hydrogen-bond acceptors (Lipinski definition) is 3. The highest BCUT2D eigenvalue weighted by Crippen LogP contribution is 2.13. The SMILES string of the molecule is CC(=O)N1CCN(C(=O)CCNc2ccc(F)c(F)c2)CC1. The van der Waals surface area contributed by atoms with Crippen molar-refractivity contribution in [3.05, 3.63) is 29.8 Å². The lowest BCUT2D eigenvalue weighted by atomic mass is 10.2. The molecule has 0 bridgehead atoms. The van der Waals surface area contributed by atoms with E-state index < -0.39 is 11.6 Å². The molecule has 120 valence electrons. The molecule has 1 aliphatic rings. The van der Waals surface area contributed by atoms with E-state index in [9.17, 15) is 18.4 Å². The predicted molar refractivity (Wildman–Crippen MR) is 78.3 cm³/mol. The van der Waals surface area contributed by atoms with Gasteiger partial charge < -0.3 is 15.1 Å². The quantitative estimate of drug-likeness (QED) is 0.916. The fourth-order valence-electron chi connectivity index (χ4n) is 2.35. The van der Waals surface area contributed by atoms with Crippen molar-refractivity contribution < 1.29 is 18.4 Å². The largest absolute Gasteiger partial charge is 0.384 e. The molecule has 22 heavy (non-hydrogen) atoms. The molecule has 1 heterocycles. The molecule has 2 amide bonds. The molecule has 0 radical (unpaired) electrons. The van der Waals surface area contributed by atoms with E-state index in [0.29, 0.717) is 38.4 Å². The fraction of sp³-hybridized carbons (Fsp3) is 0.467. The van der Waals surface area contributed by atoms with Crippen molar-refractivity contribution in [2.24, 2.45) is 0 Å². The van der Waals surface area contributed by atoms with Gasteiger partial charge in [-0.05, 0) is 18.2 Å². The number of benzene rings is 1. The lowest BCUT2D eigenvalue weighted by Gasteiger charge is -2.34. The van der Waals surface area contributed by atoms with Crippen molar-refractivity contribution in [3.8, 4) is 0 Å². The molecule has 0 aromatic heterocycles. The van der Waals surface area contributed by atoms with E-state index in [0.717, 1.165) is 12.1 Å². The summed E-state index contributed by atoms with van der Waals surface area (Å²) in [5, 5.41) is 2.89. The summed E-state index contributed by atoms with van der Waals surface area (Å²) < 4.78 is 25.8. The van der Waals surface area contributed by atoms with Gasteiger partial charge in [-0.25, -0.2) is 8.78 Å². The molecule has 1 aliphatic heterocycles. The van der Waals surface area contributed by atoms with Gasteiger partial charge in [0, 0.05) is 51.8 Å². The minimum Gasteiger partial charge on any atom is -0.384 e. The molecule has 1 saturated heterocycles. The number of amides is 2. The molecular weight excluding hydrogens is 292 g/mol. The van der Waals surface area contributed by atoms with Gasteiger partial charge in [-0.2, -0.15) is 0 Å². The highest BCUT2D eigenvalue weighted by Gasteiger charge is 2.21. The zero-order chi connectivity index (χ0) is 16.1. The molecule has 1 aromatic rings. The third-order valence-corrected chi connectivity index (χ3v) is 3.67. The lowest BCUT2D eigenvalue weighted by Crippen LogP contribution is -2.50. The Morgan fingerprint density at radius 2 is 1.73 bits per heavy atom. The normalized spacial score (nSPS) is 14.9. The zero-order valence-electron chi connectivity index (χ0n) is 12.4. The molecular formula is C15H19F2N3O2. The van der Waals surface area contributed by atoms with Crippen LogP contribution < -0.4 is 5.32 Å². The second kappa shape index (κ2) is 7.20. The maximum absolute atomic E-state index is 13.0. The smallest absolute Gasteiger partial charge is 0.224 e. The van der Waals surface area contributed by atoms with Gasteiger partial charge in [-0.15, -0.1) is 0 Å². The van der Waals surface area contributed by atoms with E-state index in [2.05, 4.69) is 5.32 Å². The average Bonchev–Trinajstić information content (AvgIpc) is 2.51. The van der Waals surface area contributed by atoms with Crippen molar-refractivity contribution in [2.75, 3.05) is 38.0 Å². The first-order valence-electron chi connectivity index (χ1n) is 7.19. The van der Waals surface area contributed by atoms with Crippen molar-refractivity contribution in [1.82, 2.24) is 9.80 Å². The Balaban J connectivity index is 1.74. The summed E-state index contributed by atoms with van der Waals surface area (Å²) in [6, 6.07) is 3.53. The van der Waals surface area contributed by atoms with Gasteiger partial charge in [0.2, 0.25) is 11.8 Å². The summed E-state index contributed by atoms with van der Waals surface area (Å²) in [5.41, 5.74) is 0.438. The average molecular weight is 311 g/mol. The molecule has 0 unspecified atom stereocenters. The number of nitrogens with zero attached hydrogens (tertiary/aromatic N) is 2. The van der Waals surface area contributed by atoms with Gasteiger partial charge in [0.1, 0.15) is 0 Å². The Labute approximate surface area is 127 Å². The van der Waals surface area contributed by atoms with Crippen molar-refractivity contribution in [2.45, 2.75) is 13.3 Å². The topological polar surface area (TPSA) is 52.7 Å².